The van der Waals surface area contributed by atoms with E-state index in [2.05, 4.69) is 11.9 Å². The van der Waals surface area contributed by atoms with Crippen LogP contribution in [0.2, 0.25) is 0 Å². The van der Waals surface area contributed by atoms with Gasteiger partial charge in [0.25, 0.3) is 5.91 Å². The van der Waals surface area contributed by atoms with Crippen LogP contribution in [0.15, 0.2) is 25.0 Å². The fraction of sp³-hybridized carbons (Fsp3) is 0.556. The average molecular weight is 369 g/mol. The number of likely N-dealkylation sites (tertiary alicyclic amines) is 1. The summed E-state index contributed by atoms with van der Waals surface area (Å²) in [6.45, 7) is 7.49. The molecule has 1 spiro atoms. The highest BCUT2D eigenvalue weighted by Crippen LogP contribution is 2.53. The van der Waals surface area contributed by atoms with Crippen molar-refractivity contribution in [3.05, 3.63) is 36.2 Å². The van der Waals surface area contributed by atoms with Crippen LogP contribution in [0, 0.1) is 5.41 Å². The van der Waals surface area contributed by atoms with E-state index in [-0.39, 0.29) is 35.5 Å². The molecule has 8 heteroatoms. The minimum atomic E-state index is -4.60. The monoisotopic (exact) mass is 369 g/mol. The highest BCUT2D eigenvalue weighted by molar-refractivity contribution is 5.96. The van der Waals surface area contributed by atoms with Crippen molar-refractivity contribution in [1.82, 2.24) is 14.8 Å². The maximum atomic E-state index is 13.4. The Labute approximate surface area is 149 Å². The van der Waals surface area contributed by atoms with Crippen molar-refractivity contribution < 1.29 is 22.8 Å². The van der Waals surface area contributed by atoms with Crippen LogP contribution in [-0.4, -0.2) is 40.4 Å². The molecule has 0 bridgehead atoms. The summed E-state index contributed by atoms with van der Waals surface area (Å²) in [5, 5.41) is 2.81. The zero-order valence-corrected chi connectivity index (χ0v) is 14.8. The summed E-state index contributed by atoms with van der Waals surface area (Å²) in [6, 6.07) is -0.441. The van der Waals surface area contributed by atoms with Crippen molar-refractivity contribution in [1.29, 1.82) is 0 Å². The Morgan fingerprint density at radius 2 is 2.00 bits per heavy atom. The normalized spacial score (nSPS) is 21.3. The van der Waals surface area contributed by atoms with Crippen LogP contribution < -0.4 is 5.32 Å². The lowest BCUT2D eigenvalue weighted by molar-refractivity contribution is -0.138. The molecule has 26 heavy (non-hydrogen) atoms. The van der Waals surface area contributed by atoms with E-state index < -0.39 is 17.6 Å². The third-order valence-electron chi connectivity index (χ3n) is 5.31. The van der Waals surface area contributed by atoms with E-state index in [1.165, 1.54) is 15.7 Å². The first kappa shape index (κ1) is 18.5. The minimum Gasteiger partial charge on any atom is -0.350 e. The SMILES string of the molecule is C=CC(=O)NC1CN(C(=O)c2cn(C(C)C)cc2C(F)(F)F)CC12CC2. The lowest BCUT2D eigenvalue weighted by Crippen LogP contribution is -2.41. The zero-order chi connectivity index (χ0) is 19.3. The Morgan fingerprint density at radius 3 is 2.50 bits per heavy atom. The Morgan fingerprint density at radius 1 is 1.35 bits per heavy atom. The molecule has 1 aliphatic heterocycles. The van der Waals surface area contributed by atoms with Crippen LogP contribution in [0.1, 0.15) is 48.7 Å². The maximum absolute atomic E-state index is 13.4. The van der Waals surface area contributed by atoms with Crippen LogP contribution in [0.25, 0.3) is 0 Å². The molecule has 2 aliphatic rings. The van der Waals surface area contributed by atoms with E-state index in [1.54, 1.807) is 13.8 Å². The number of nitrogens with one attached hydrogen (secondary N) is 1. The zero-order valence-electron chi connectivity index (χ0n) is 14.8. The Hall–Kier alpha value is -2.25. The highest BCUT2D eigenvalue weighted by Gasteiger charge is 2.56. The predicted molar refractivity (Wildman–Crippen MR) is 89.5 cm³/mol. The van der Waals surface area contributed by atoms with Crippen molar-refractivity contribution in [2.75, 3.05) is 13.1 Å². The Kier molecular flexibility index (Phi) is 4.40. The van der Waals surface area contributed by atoms with Gasteiger partial charge in [-0.15, -0.1) is 0 Å². The molecule has 2 amide bonds. The summed E-state index contributed by atoms with van der Waals surface area (Å²) >= 11 is 0. The van der Waals surface area contributed by atoms with E-state index in [0.29, 0.717) is 6.54 Å². The van der Waals surface area contributed by atoms with Crippen LogP contribution >= 0.6 is 0 Å². The van der Waals surface area contributed by atoms with Crippen molar-refractivity contribution in [3.63, 3.8) is 0 Å². The second-order valence-electron chi connectivity index (χ2n) is 7.44. The van der Waals surface area contributed by atoms with E-state index >= 15 is 0 Å². The summed E-state index contributed by atoms with van der Waals surface area (Å²) in [5.41, 5.74) is -1.47. The van der Waals surface area contributed by atoms with Crippen molar-refractivity contribution >= 4 is 11.8 Å². The van der Waals surface area contributed by atoms with Gasteiger partial charge in [0.1, 0.15) is 0 Å². The number of aromatic nitrogens is 1. The first-order valence-corrected chi connectivity index (χ1v) is 8.58. The second kappa shape index (κ2) is 6.17. The molecule has 1 saturated carbocycles. The van der Waals surface area contributed by atoms with E-state index in [4.69, 9.17) is 0 Å². The topological polar surface area (TPSA) is 54.3 Å². The van der Waals surface area contributed by atoms with Gasteiger partial charge in [0.2, 0.25) is 5.91 Å². The summed E-state index contributed by atoms with van der Waals surface area (Å²) in [5.74, 6) is -0.976. The highest BCUT2D eigenvalue weighted by atomic mass is 19.4. The van der Waals surface area contributed by atoms with Crippen LogP contribution in [0.4, 0.5) is 13.2 Å². The van der Waals surface area contributed by atoms with Crippen LogP contribution in [0.3, 0.4) is 0 Å². The van der Waals surface area contributed by atoms with Crippen molar-refractivity contribution in [2.45, 2.75) is 44.9 Å². The number of rotatable bonds is 4. The third kappa shape index (κ3) is 3.24. The molecule has 1 N–H and O–H groups in total. The molecule has 142 valence electrons. The molecule has 1 aromatic rings. The fourth-order valence-corrected chi connectivity index (χ4v) is 3.56. The molecule has 2 heterocycles. The molecular weight excluding hydrogens is 347 g/mol. The van der Waals surface area contributed by atoms with Gasteiger partial charge in [-0.25, -0.2) is 0 Å². The van der Waals surface area contributed by atoms with Crippen molar-refractivity contribution in [2.24, 2.45) is 5.41 Å². The molecule has 1 aliphatic carbocycles. The van der Waals surface area contributed by atoms with Gasteiger partial charge in [0.05, 0.1) is 17.2 Å². The summed E-state index contributed by atoms with van der Waals surface area (Å²) in [7, 11) is 0. The van der Waals surface area contributed by atoms with Gasteiger partial charge in [-0.2, -0.15) is 13.2 Å². The second-order valence-corrected chi connectivity index (χ2v) is 7.44. The van der Waals surface area contributed by atoms with Gasteiger partial charge in [-0.3, -0.25) is 9.59 Å². The molecule has 0 radical (unpaired) electrons. The number of carbonyl (C=O) groups excluding carboxylic acids is 2. The number of carbonyl (C=O) groups is 2. The fourth-order valence-electron chi connectivity index (χ4n) is 3.56. The lowest BCUT2D eigenvalue weighted by Gasteiger charge is -2.17. The van der Waals surface area contributed by atoms with Gasteiger partial charge >= 0.3 is 6.18 Å². The van der Waals surface area contributed by atoms with Crippen molar-refractivity contribution in [3.8, 4) is 0 Å². The summed E-state index contributed by atoms with van der Waals surface area (Å²) in [6.07, 6.45) is 0.503. The number of halogens is 3. The van der Waals surface area contributed by atoms with Gasteiger partial charge in [0, 0.05) is 36.9 Å². The molecule has 1 atom stereocenters. The van der Waals surface area contributed by atoms with Gasteiger partial charge in [-0.1, -0.05) is 6.58 Å². The number of hydrogen-bond acceptors (Lipinski definition) is 2. The number of amides is 2. The van der Waals surface area contributed by atoms with Crippen LogP contribution in [-0.2, 0) is 11.0 Å². The minimum absolute atomic E-state index is 0.189. The molecule has 1 aromatic heterocycles. The average Bonchev–Trinajstić information content (AvgIpc) is 3.04. The first-order valence-electron chi connectivity index (χ1n) is 8.58. The van der Waals surface area contributed by atoms with Gasteiger partial charge in [0.15, 0.2) is 0 Å². The van der Waals surface area contributed by atoms with E-state index in [1.807, 2.05) is 0 Å². The molecule has 1 saturated heterocycles. The number of hydrogen-bond donors (Lipinski definition) is 1. The largest absolute Gasteiger partial charge is 0.418 e. The smallest absolute Gasteiger partial charge is 0.350 e. The molecule has 5 nitrogen and oxygen atoms in total. The molecule has 1 unspecified atom stereocenters. The van der Waals surface area contributed by atoms with E-state index in [9.17, 15) is 22.8 Å². The van der Waals surface area contributed by atoms with Gasteiger partial charge in [-0.05, 0) is 32.8 Å². The van der Waals surface area contributed by atoms with Gasteiger partial charge < -0.3 is 14.8 Å². The predicted octanol–water partition coefficient (Wildman–Crippen LogP) is 2.99. The third-order valence-corrected chi connectivity index (χ3v) is 5.31. The molecule has 2 fully saturated rings. The van der Waals surface area contributed by atoms with E-state index in [0.717, 1.165) is 25.1 Å². The summed E-state index contributed by atoms with van der Waals surface area (Å²) < 4.78 is 41.5. The maximum Gasteiger partial charge on any atom is 0.418 e. The molecular formula is C18H22F3N3O2. The number of alkyl halides is 3. The first-order chi connectivity index (χ1) is 12.1. The Balaban J connectivity index is 1.86. The molecule has 0 aromatic carbocycles. The quantitative estimate of drug-likeness (QED) is 0.830. The molecule has 3 rings (SSSR count). The lowest BCUT2D eigenvalue weighted by atomic mass is 10.0. The number of nitrogens with zero attached hydrogens (tertiary/aromatic N) is 2. The standard InChI is InChI=1S/C18H22F3N3O2/c1-4-15(25)22-14-9-24(10-17(14)5-6-17)16(26)12-7-23(11(2)3)8-13(12)18(19,20)21/h4,7-8,11,14H,1,5-6,9-10H2,2-3H3,(H,22,25). The van der Waals surface area contributed by atoms with Crippen LogP contribution in [0.5, 0.6) is 0 Å². The summed E-state index contributed by atoms with van der Waals surface area (Å²) in [4.78, 5) is 25.9. The Bertz CT molecular complexity index is 747.